The number of nitrogens with one attached hydrogen (secondary N) is 1. The number of hydrogen-bond donors (Lipinski definition) is 1. The second kappa shape index (κ2) is 3.52. The minimum absolute atomic E-state index is 0.199. The van der Waals surface area contributed by atoms with Crippen molar-refractivity contribution in [2.45, 2.75) is 25.1 Å². The van der Waals surface area contributed by atoms with Gasteiger partial charge in [0.1, 0.15) is 0 Å². The average Bonchev–Trinajstić information content (AvgIpc) is 2.68. The van der Waals surface area contributed by atoms with Crippen molar-refractivity contribution in [2.24, 2.45) is 7.05 Å². The zero-order valence-electron chi connectivity index (χ0n) is 8.30. The van der Waals surface area contributed by atoms with E-state index in [2.05, 4.69) is 10.4 Å². The molecule has 0 aliphatic carbocycles. The second-order valence-electron chi connectivity index (χ2n) is 3.75. The van der Waals surface area contributed by atoms with Gasteiger partial charge in [0.2, 0.25) is 0 Å². The van der Waals surface area contributed by atoms with E-state index in [-0.39, 0.29) is 11.6 Å². The van der Waals surface area contributed by atoms with Crippen molar-refractivity contribution in [1.82, 2.24) is 15.1 Å². The molecular formula is C9H12F3N3. The average molecular weight is 219 g/mol. The molecule has 0 spiro atoms. The van der Waals surface area contributed by atoms with Gasteiger partial charge in [0.25, 0.3) is 0 Å². The molecule has 2 rings (SSSR count). The summed E-state index contributed by atoms with van der Waals surface area (Å²) in [6.07, 6.45) is -1.25. The first-order valence-corrected chi connectivity index (χ1v) is 4.82. The molecule has 0 bridgehead atoms. The molecule has 0 amide bonds. The fourth-order valence-electron chi connectivity index (χ4n) is 1.93. The molecule has 15 heavy (non-hydrogen) atoms. The van der Waals surface area contributed by atoms with Crippen molar-refractivity contribution in [3.8, 4) is 0 Å². The summed E-state index contributed by atoms with van der Waals surface area (Å²) in [4.78, 5) is 0. The number of rotatable bonds is 1. The van der Waals surface area contributed by atoms with Crippen LogP contribution in [0, 0.1) is 0 Å². The lowest BCUT2D eigenvalue weighted by atomic mass is 10.1. The molecule has 1 N–H and O–H groups in total. The molecule has 1 aliphatic heterocycles. The van der Waals surface area contributed by atoms with Crippen LogP contribution in [0.25, 0.3) is 0 Å². The van der Waals surface area contributed by atoms with Crippen molar-refractivity contribution in [3.63, 3.8) is 0 Å². The molecule has 1 fully saturated rings. The highest BCUT2D eigenvalue weighted by molar-refractivity contribution is 5.24. The van der Waals surface area contributed by atoms with Gasteiger partial charge in [-0.15, -0.1) is 0 Å². The zero-order chi connectivity index (χ0) is 11.1. The largest absolute Gasteiger partial charge is 0.435 e. The third kappa shape index (κ3) is 1.99. The number of hydrogen-bond acceptors (Lipinski definition) is 2. The fourth-order valence-corrected chi connectivity index (χ4v) is 1.93. The molecule has 6 heteroatoms. The predicted octanol–water partition coefficient (Wildman–Crippen LogP) is 1.86. The van der Waals surface area contributed by atoms with E-state index in [1.807, 2.05) is 0 Å². The summed E-state index contributed by atoms with van der Waals surface area (Å²) in [5, 5.41) is 6.52. The van der Waals surface area contributed by atoms with Gasteiger partial charge in [-0.05, 0) is 19.4 Å². The SMILES string of the molecule is Cn1cc(C2CCCN2)c(C(F)(F)F)n1. The molecule has 1 aromatic rings. The van der Waals surface area contributed by atoms with Crippen LogP contribution in [0.5, 0.6) is 0 Å². The quantitative estimate of drug-likeness (QED) is 0.781. The van der Waals surface area contributed by atoms with Crippen molar-refractivity contribution >= 4 is 0 Å². The van der Waals surface area contributed by atoms with Crippen LogP contribution in [0.1, 0.15) is 30.1 Å². The maximum atomic E-state index is 12.6. The number of aryl methyl sites for hydroxylation is 1. The van der Waals surface area contributed by atoms with Gasteiger partial charge in [-0.1, -0.05) is 0 Å². The highest BCUT2D eigenvalue weighted by atomic mass is 19.4. The van der Waals surface area contributed by atoms with Gasteiger partial charge in [0.15, 0.2) is 5.69 Å². The van der Waals surface area contributed by atoms with Crippen LogP contribution in [0.3, 0.4) is 0 Å². The zero-order valence-corrected chi connectivity index (χ0v) is 8.30. The normalized spacial score (nSPS) is 22.3. The minimum Gasteiger partial charge on any atom is -0.310 e. The van der Waals surface area contributed by atoms with E-state index >= 15 is 0 Å². The van der Waals surface area contributed by atoms with E-state index < -0.39 is 11.9 Å². The summed E-state index contributed by atoms with van der Waals surface area (Å²) in [5.74, 6) is 0. The summed E-state index contributed by atoms with van der Waals surface area (Å²) in [5.41, 5.74) is -0.494. The Balaban J connectivity index is 2.37. The third-order valence-corrected chi connectivity index (χ3v) is 2.56. The molecule has 0 saturated carbocycles. The lowest BCUT2D eigenvalue weighted by molar-refractivity contribution is -0.142. The summed E-state index contributed by atoms with van der Waals surface area (Å²) in [6.45, 7) is 0.775. The van der Waals surface area contributed by atoms with Crippen LogP contribution in [0.4, 0.5) is 13.2 Å². The van der Waals surface area contributed by atoms with E-state index in [4.69, 9.17) is 0 Å². The van der Waals surface area contributed by atoms with Crippen LogP contribution in [-0.4, -0.2) is 16.3 Å². The number of aromatic nitrogens is 2. The Hall–Kier alpha value is -1.04. The van der Waals surface area contributed by atoms with Gasteiger partial charge in [0, 0.05) is 24.8 Å². The Morgan fingerprint density at radius 2 is 2.27 bits per heavy atom. The summed E-state index contributed by atoms with van der Waals surface area (Å²) in [6, 6.07) is -0.199. The molecule has 1 atom stereocenters. The van der Waals surface area contributed by atoms with Gasteiger partial charge < -0.3 is 5.32 Å². The standard InChI is InChI=1S/C9H12F3N3/c1-15-5-6(7-3-2-4-13-7)8(14-15)9(10,11)12/h5,7,13H,2-4H2,1H3. The highest BCUT2D eigenvalue weighted by Crippen LogP contribution is 2.35. The smallest absolute Gasteiger partial charge is 0.310 e. The summed E-state index contributed by atoms with van der Waals surface area (Å²) in [7, 11) is 1.51. The molecule has 84 valence electrons. The Bertz CT molecular complexity index is 350. The van der Waals surface area contributed by atoms with Crippen LogP contribution < -0.4 is 5.32 Å². The van der Waals surface area contributed by atoms with Crippen LogP contribution in [0.15, 0.2) is 6.20 Å². The van der Waals surface area contributed by atoms with E-state index in [1.54, 1.807) is 0 Å². The van der Waals surface area contributed by atoms with Crippen LogP contribution in [-0.2, 0) is 13.2 Å². The Kier molecular flexibility index (Phi) is 2.46. The Labute approximate surface area is 85.3 Å². The van der Waals surface area contributed by atoms with Gasteiger partial charge in [0.05, 0.1) is 0 Å². The number of nitrogens with zero attached hydrogens (tertiary/aromatic N) is 2. The summed E-state index contributed by atoms with van der Waals surface area (Å²) >= 11 is 0. The van der Waals surface area contributed by atoms with Gasteiger partial charge >= 0.3 is 6.18 Å². The third-order valence-electron chi connectivity index (χ3n) is 2.56. The first-order valence-electron chi connectivity index (χ1n) is 4.82. The Morgan fingerprint density at radius 1 is 1.53 bits per heavy atom. The number of halogens is 3. The lowest BCUT2D eigenvalue weighted by Gasteiger charge is -2.11. The molecule has 1 aromatic heterocycles. The van der Waals surface area contributed by atoms with Gasteiger partial charge in [-0.3, -0.25) is 4.68 Å². The molecule has 2 heterocycles. The highest BCUT2D eigenvalue weighted by Gasteiger charge is 2.39. The summed E-state index contributed by atoms with van der Waals surface area (Å²) < 4.78 is 39.1. The Morgan fingerprint density at radius 3 is 2.80 bits per heavy atom. The number of alkyl halides is 3. The van der Waals surface area contributed by atoms with E-state index in [1.165, 1.54) is 17.9 Å². The maximum absolute atomic E-state index is 12.6. The fraction of sp³-hybridized carbons (Fsp3) is 0.667. The van der Waals surface area contributed by atoms with Crippen molar-refractivity contribution in [3.05, 3.63) is 17.5 Å². The van der Waals surface area contributed by atoms with Gasteiger partial charge in [-0.2, -0.15) is 18.3 Å². The molecule has 1 saturated heterocycles. The van der Waals surface area contributed by atoms with Crippen molar-refractivity contribution in [2.75, 3.05) is 6.54 Å². The molecule has 3 nitrogen and oxygen atoms in total. The predicted molar refractivity (Wildman–Crippen MR) is 48.2 cm³/mol. The molecule has 1 unspecified atom stereocenters. The first kappa shape index (κ1) is 10.5. The van der Waals surface area contributed by atoms with E-state index in [9.17, 15) is 13.2 Å². The molecular weight excluding hydrogens is 207 g/mol. The maximum Gasteiger partial charge on any atom is 0.435 e. The van der Waals surface area contributed by atoms with Crippen molar-refractivity contribution < 1.29 is 13.2 Å². The van der Waals surface area contributed by atoms with Crippen LogP contribution in [0.2, 0.25) is 0 Å². The van der Waals surface area contributed by atoms with E-state index in [0.29, 0.717) is 0 Å². The van der Waals surface area contributed by atoms with Crippen molar-refractivity contribution in [1.29, 1.82) is 0 Å². The minimum atomic E-state index is -4.36. The van der Waals surface area contributed by atoms with E-state index in [0.717, 1.165) is 19.4 Å². The molecule has 0 radical (unpaired) electrons. The lowest BCUT2D eigenvalue weighted by Crippen LogP contribution is -2.17. The first-order chi connectivity index (χ1) is 6.98. The monoisotopic (exact) mass is 219 g/mol. The second-order valence-corrected chi connectivity index (χ2v) is 3.75. The van der Waals surface area contributed by atoms with Crippen LogP contribution >= 0.6 is 0 Å². The molecule has 1 aliphatic rings. The molecule has 0 aromatic carbocycles. The topological polar surface area (TPSA) is 29.9 Å². The van der Waals surface area contributed by atoms with Gasteiger partial charge in [-0.25, -0.2) is 0 Å².